The van der Waals surface area contributed by atoms with Gasteiger partial charge in [-0.05, 0) is 32.9 Å². The number of hydrogen-bond acceptors (Lipinski definition) is 3. The molecule has 0 aliphatic rings. The van der Waals surface area contributed by atoms with Crippen molar-refractivity contribution in [3.05, 3.63) is 29.8 Å². The molecule has 0 radical (unpaired) electrons. The summed E-state index contributed by atoms with van der Waals surface area (Å²) in [5, 5.41) is 2.75. The van der Waals surface area contributed by atoms with Gasteiger partial charge >= 0.3 is 6.03 Å². The minimum absolute atomic E-state index is 0.0280. The summed E-state index contributed by atoms with van der Waals surface area (Å²) in [5.74, 6) is -0.0280. The van der Waals surface area contributed by atoms with Crippen molar-refractivity contribution in [3.8, 4) is 0 Å². The Morgan fingerprint density at radius 1 is 1.35 bits per heavy atom. The molecule has 0 fully saturated rings. The summed E-state index contributed by atoms with van der Waals surface area (Å²) in [4.78, 5) is 24.8. The smallest absolute Gasteiger partial charge is 0.321 e. The number of urea groups is 1. The van der Waals surface area contributed by atoms with Crippen LogP contribution in [0.2, 0.25) is 0 Å². The van der Waals surface area contributed by atoms with E-state index in [0.717, 1.165) is 0 Å². The van der Waals surface area contributed by atoms with Gasteiger partial charge < -0.3 is 15.0 Å². The van der Waals surface area contributed by atoms with Crippen LogP contribution in [0.4, 0.5) is 10.5 Å². The molecule has 5 heteroatoms. The van der Waals surface area contributed by atoms with Crippen LogP contribution in [0.25, 0.3) is 0 Å². The Kier molecular flexibility index (Phi) is 6.18. The predicted octanol–water partition coefficient (Wildman–Crippen LogP) is 2.78. The maximum absolute atomic E-state index is 11.9. The summed E-state index contributed by atoms with van der Waals surface area (Å²) in [7, 11) is 1.70. The van der Waals surface area contributed by atoms with Gasteiger partial charge in [0, 0.05) is 24.8 Å². The third-order valence-corrected chi connectivity index (χ3v) is 2.74. The number of likely N-dealkylation sites (N-methyl/N-ethyl adjacent to an activating group) is 1. The van der Waals surface area contributed by atoms with Crippen LogP contribution in [-0.2, 0) is 4.74 Å². The molecule has 0 aromatic heterocycles. The van der Waals surface area contributed by atoms with Gasteiger partial charge in [0.15, 0.2) is 5.78 Å². The zero-order valence-electron chi connectivity index (χ0n) is 12.5. The van der Waals surface area contributed by atoms with E-state index >= 15 is 0 Å². The number of ketones is 1. The van der Waals surface area contributed by atoms with Crippen molar-refractivity contribution in [3.63, 3.8) is 0 Å². The van der Waals surface area contributed by atoms with Crippen molar-refractivity contribution in [1.82, 2.24) is 4.90 Å². The van der Waals surface area contributed by atoms with E-state index in [0.29, 0.717) is 24.4 Å². The molecule has 2 amide bonds. The number of rotatable bonds is 6. The lowest BCUT2D eigenvalue weighted by Gasteiger charge is -2.19. The monoisotopic (exact) mass is 278 g/mol. The van der Waals surface area contributed by atoms with Crippen LogP contribution in [0.1, 0.15) is 31.1 Å². The van der Waals surface area contributed by atoms with E-state index in [2.05, 4.69) is 5.32 Å². The van der Waals surface area contributed by atoms with E-state index in [1.165, 1.54) is 6.92 Å². The van der Waals surface area contributed by atoms with Crippen LogP contribution in [0.3, 0.4) is 0 Å². The summed E-state index contributed by atoms with van der Waals surface area (Å²) < 4.78 is 5.40. The number of benzene rings is 1. The van der Waals surface area contributed by atoms with Gasteiger partial charge in [-0.1, -0.05) is 12.1 Å². The van der Waals surface area contributed by atoms with Gasteiger partial charge in [-0.25, -0.2) is 4.79 Å². The SMILES string of the molecule is CC(=O)c1cccc(NC(=O)N(C)CCOC(C)C)c1. The summed E-state index contributed by atoms with van der Waals surface area (Å²) in [6, 6.07) is 6.66. The summed E-state index contributed by atoms with van der Waals surface area (Å²) in [6.45, 7) is 6.41. The molecule has 5 nitrogen and oxygen atoms in total. The average Bonchev–Trinajstić information content (AvgIpc) is 2.38. The molecule has 1 N–H and O–H groups in total. The lowest BCUT2D eigenvalue weighted by Crippen LogP contribution is -2.34. The van der Waals surface area contributed by atoms with Crippen LogP contribution in [0, 0.1) is 0 Å². The first-order chi connectivity index (χ1) is 9.40. The molecule has 0 saturated heterocycles. The quantitative estimate of drug-likeness (QED) is 0.814. The van der Waals surface area contributed by atoms with Crippen molar-refractivity contribution < 1.29 is 14.3 Å². The molecule has 1 rings (SSSR count). The van der Waals surface area contributed by atoms with E-state index in [4.69, 9.17) is 4.74 Å². The number of carbonyl (C=O) groups excluding carboxylic acids is 2. The second kappa shape index (κ2) is 7.65. The zero-order valence-corrected chi connectivity index (χ0v) is 12.5. The molecule has 0 aliphatic heterocycles. The molecule has 1 aromatic rings. The second-order valence-electron chi connectivity index (χ2n) is 4.91. The number of nitrogens with one attached hydrogen (secondary N) is 1. The minimum Gasteiger partial charge on any atom is -0.377 e. The maximum Gasteiger partial charge on any atom is 0.321 e. The van der Waals surface area contributed by atoms with Crippen molar-refractivity contribution in [2.75, 3.05) is 25.5 Å². The number of amides is 2. The maximum atomic E-state index is 11.9. The first-order valence-corrected chi connectivity index (χ1v) is 6.65. The molecule has 0 saturated carbocycles. The molecule has 1 aromatic carbocycles. The Morgan fingerprint density at radius 2 is 2.05 bits per heavy atom. The fraction of sp³-hybridized carbons (Fsp3) is 0.467. The normalized spacial score (nSPS) is 10.4. The van der Waals surface area contributed by atoms with Crippen molar-refractivity contribution in [2.24, 2.45) is 0 Å². The molecule has 0 aliphatic carbocycles. The number of hydrogen-bond donors (Lipinski definition) is 1. The molecule has 0 bridgehead atoms. The molecule has 0 spiro atoms. The highest BCUT2D eigenvalue weighted by molar-refractivity contribution is 5.96. The minimum atomic E-state index is -0.224. The first kappa shape index (κ1) is 16.2. The van der Waals surface area contributed by atoms with E-state index in [1.807, 2.05) is 13.8 Å². The van der Waals surface area contributed by atoms with Gasteiger partial charge in [0.05, 0.1) is 12.7 Å². The van der Waals surface area contributed by atoms with Gasteiger partial charge in [0.1, 0.15) is 0 Å². The largest absolute Gasteiger partial charge is 0.377 e. The average molecular weight is 278 g/mol. The molecular formula is C15H22N2O3. The van der Waals surface area contributed by atoms with Gasteiger partial charge in [-0.3, -0.25) is 4.79 Å². The Balaban J connectivity index is 2.52. The standard InChI is InChI=1S/C15H22N2O3/c1-11(2)20-9-8-17(4)15(19)16-14-7-5-6-13(10-14)12(3)18/h5-7,10-11H,8-9H2,1-4H3,(H,16,19). The third kappa shape index (κ3) is 5.40. The number of Topliss-reactive ketones (excluding diaryl/α,β-unsaturated/α-hetero) is 1. The lowest BCUT2D eigenvalue weighted by molar-refractivity contribution is 0.0691. The van der Waals surface area contributed by atoms with Gasteiger partial charge in [-0.15, -0.1) is 0 Å². The van der Waals surface area contributed by atoms with E-state index in [9.17, 15) is 9.59 Å². The highest BCUT2D eigenvalue weighted by atomic mass is 16.5. The van der Waals surface area contributed by atoms with Gasteiger partial charge in [0.2, 0.25) is 0 Å². The Bertz CT molecular complexity index is 472. The topological polar surface area (TPSA) is 58.6 Å². The van der Waals surface area contributed by atoms with E-state index in [1.54, 1.807) is 36.2 Å². The molecular weight excluding hydrogens is 256 g/mol. The van der Waals surface area contributed by atoms with Crippen molar-refractivity contribution in [1.29, 1.82) is 0 Å². The second-order valence-corrected chi connectivity index (χ2v) is 4.91. The van der Waals surface area contributed by atoms with E-state index in [-0.39, 0.29) is 17.9 Å². The van der Waals surface area contributed by atoms with Gasteiger partial charge in [0.25, 0.3) is 0 Å². The fourth-order valence-electron chi connectivity index (χ4n) is 1.56. The number of nitrogens with zero attached hydrogens (tertiary/aromatic N) is 1. The number of carbonyl (C=O) groups is 2. The van der Waals surface area contributed by atoms with Crippen LogP contribution in [0.5, 0.6) is 0 Å². The number of anilines is 1. The Hall–Kier alpha value is -1.88. The highest BCUT2D eigenvalue weighted by Crippen LogP contribution is 2.11. The van der Waals surface area contributed by atoms with Crippen LogP contribution in [-0.4, -0.2) is 43.0 Å². The Labute approximate surface area is 119 Å². The molecule has 0 heterocycles. The highest BCUT2D eigenvalue weighted by Gasteiger charge is 2.09. The summed E-state index contributed by atoms with van der Waals surface area (Å²) >= 11 is 0. The third-order valence-electron chi connectivity index (χ3n) is 2.74. The molecule has 20 heavy (non-hydrogen) atoms. The lowest BCUT2D eigenvalue weighted by atomic mass is 10.1. The zero-order chi connectivity index (χ0) is 15.1. The van der Waals surface area contributed by atoms with Crippen LogP contribution < -0.4 is 5.32 Å². The summed E-state index contributed by atoms with van der Waals surface area (Å²) in [6.07, 6.45) is 0.152. The molecule has 110 valence electrons. The molecule has 0 atom stereocenters. The number of ether oxygens (including phenoxy) is 1. The van der Waals surface area contributed by atoms with Crippen molar-refractivity contribution >= 4 is 17.5 Å². The van der Waals surface area contributed by atoms with Gasteiger partial charge in [-0.2, -0.15) is 0 Å². The van der Waals surface area contributed by atoms with E-state index < -0.39 is 0 Å². The Morgan fingerprint density at radius 3 is 2.65 bits per heavy atom. The van der Waals surface area contributed by atoms with Crippen LogP contribution >= 0.6 is 0 Å². The van der Waals surface area contributed by atoms with Crippen LogP contribution in [0.15, 0.2) is 24.3 Å². The molecule has 0 unspecified atom stereocenters. The van der Waals surface area contributed by atoms with Crippen molar-refractivity contribution in [2.45, 2.75) is 26.9 Å². The summed E-state index contributed by atoms with van der Waals surface area (Å²) in [5.41, 5.74) is 1.19. The predicted molar refractivity (Wildman–Crippen MR) is 79.2 cm³/mol. The first-order valence-electron chi connectivity index (χ1n) is 6.65. The fourth-order valence-corrected chi connectivity index (χ4v) is 1.56.